The number of hydrogen-bond donors (Lipinski definition) is 2. The molecule has 7 nitrogen and oxygen atoms in total. The maximum Gasteiger partial charge on any atom is 0.255 e. The molecule has 0 bridgehead atoms. The van der Waals surface area contributed by atoms with Crippen LogP contribution < -0.4 is 30.0 Å². The van der Waals surface area contributed by atoms with Crippen molar-refractivity contribution in [3.8, 4) is 28.7 Å². The lowest BCUT2D eigenvalue weighted by Gasteiger charge is -2.20. The maximum absolute atomic E-state index is 13.0. The van der Waals surface area contributed by atoms with Crippen LogP contribution in [0.4, 0.5) is 0 Å². The average molecular weight is 469 g/mol. The predicted octanol–water partition coefficient (Wildman–Crippen LogP) is 3.66. The van der Waals surface area contributed by atoms with Crippen molar-refractivity contribution in [2.75, 3.05) is 39.4 Å². The molecule has 1 aliphatic heterocycles. The molecule has 0 aromatic heterocycles. The van der Waals surface area contributed by atoms with Gasteiger partial charge in [0.1, 0.15) is 5.75 Å². The summed E-state index contributed by atoms with van der Waals surface area (Å²) in [5.74, 6) is 3.67. The SMILES string of the molecule is COc1c(Oc2ccc(CCN)cc2)cc(C(=O)NC2CCSC2)c(OC)c1OC.Cl. The predicted molar refractivity (Wildman–Crippen MR) is 126 cm³/mol. The van der Waals surface area contributed by atoms with E-state index in [2.05, 4.69) is 5.32 Å². The van der Waals surface area contributed by atoms with E-state index in [-0.39, 0.29) is 24.4 Å². The van der Waals surface area contributed by atoms with Crippen LogP contribution in [0.1, 0.15) is 22.3 Å². The molecule has 1 unspecified atom stereocenters. The Labute approximate surface area is 193 Å². The number of methoxy groups -OCH3 is 3. The van der Waals surface area contributed by atoms with Gasteiger partial charge in [-0.1, -0.05) is 12.1 Å². The van der Waals surface area contributed by atoms with Crippen LogP contribution in [-0.4, -0.2) is 51.3 Å². The highest BCUT2D eigenvalue weighted by molar-refractivity contribution is 7.99. The Kier molecular flexibility index (Phi) is 9.61. The van der Waals surface area contributed by atoms with Crippen molar-refractivity contribution >= 4 is 30.1 Å². The first-order chi connectivity index (χ1) is 14.6. The Balaban J connectivity index is 0.00000341. The van der Waals surface area contributed by atoms with Gasteiger partial charge in [0.15, 0.2) is 11.5 Å². The number of nitrogens with one attached hydrogen (secondary N) is 1. The topological polar surface area (TPSA) is 92.0 Å². The van der Waals surface area contributed by atoms with E-state index in [1.807, 2.05) is 36.0 Å². The lowest BCUT2D eigenvalue weighted by Crippen LogP contribution is -2.34. The van der Waals surface area contributed by atoms with Gasteiger partial charge >= 0.3 is 0 Å². The molecule has 1 atom stereocenters. The smallest absolute Gasteiger partial charge is 0.255 e. The molecular formula is C22H29ClN2O5S. The molecule has 2 aromatic carbocycles. The molecule has 1 saturated heterocycles. The van der Waals surface area contributed by atoms with Gasteiger partial charge in [-0.2, -0.15) is 11.8 Å². The van der Waals surface area contributed by atoms with E-state index in [4.69, 9.17) is 24.7 Å². The number of thioether (sulfide) groups is 1. The van der Waals surface area contributed by atoms with Crippen LogP contribution in [0.25, 0.3) is 0 Å². The Morgan fingerprint density at radius 1 is 1.10 bits per heavy atom. The lowest BCUT2D eigenvalue weighted by atomic mass is 10.1. The van der Waals surface area contributed by atoms with Gasteiger partial charge in [-0.25, -0.2) is 0 Å². The number of hydrogen-bond acceptors (Lipinski definition) is 7. The number of amides is 1. The van der Waals surface area contributed by atoms with E-state index in [0.717, 1.165) is 29.9 Å². The summed E-state index contributed by atoms with van der Waals surface area (Å²) in [4.78, 5) is 13.0. The summed E-state index contributed by atoms with van der Waals surface area (Å²) in [6, 6.07) is 9.40. The summed E-state index contributed by atoms with van der Waals surface area (Å²) in [6.45, 7) is 0.585. The van der Waals surface area contributed by atoms with E-state index >= 15 is 0 Å². The standard InChI is InChI=1S/C22H28N2O5S.ClH/c1-26-19-17(22(25)24-15-9-11-30-13-15)12-18(20(27-2)21(19)28-3)29-16-6-4-14(5-7-16)8-10-23;/h4-7,12,15H,8-11,13,23H2,1-3H3,(H,24,25);1H. The molecule has 0 spiro atoms. The molecule has 3 N–H and O–H groups in total. The summed E-state index contributed by atoms with van der Waals surface area (Å²) in [7, 11) is 4.52. The highest BCUT2D eigenvalue weighted by Gasteiger charge is 2.27. The zero-order valence-corrected chi connectivity index (χ0v) is 19.6. The number of halogens is 1. The van der Waals surface area contributed by atoms with Gasteiger partial charge < -0.3 is 30.0 Å². The second-order valence-corrected chi connectivity index (χ2v) is 7.99. The second kappa shape index (κ2) is 11.9. The van der Waals surface area contributed by atoms with E-state index in [0.29, 0.717) is 40.9 Å². The minimum absolute atomic E-state index is 0. The van der Waals surface area contributed by atoms with Gasteiger partial charge in [-0.05, 0) is 42.8 Å². The number of rotatable bonds is 9. The molecule has 3 rings (SSSR count). The van der Waals surface area contributed by atoms with Gasteiger partial charge in [-0.15, -0.1) is 12.4 Å². The third-order valence-electron chi connectivity index (χ3n) is 4.86. The normalized spacial score (nSPS) is 15.0. The third kappa shape index (κ3) is 5.90. The molecule has 9 heteroatoms. The van der Waals surface area contributed by atoms with Crippen molar-refractivity contribution in [1.82, 2.24) is 5.32 Å². The summed E-state index contributed by atoms with van der Waals surface area (Å²) < 4.78 is 22.6. The molecule has 0 aliphatic carbocycles. The monoisotopic (exact) mass is 468 g/mol. The zero-order valence-electron chi connectivity index (χ0n) is 17.9. The third-order valence-corrected chi connectivity index (χ3v) is 6.02. The van der Waals surface area contributed by atoms with Crippen LogP contribution >= 0.6 is 24.2 Å². The first-order valence-corrected chi connectivity index (χ1v) is 10.9. The Morgan fingerprint density at radius 3 is 2.32 bits per heavy atom. The fourth-order valence-electron chi connectivity index (χ4n) is 3.35. The van der Waals surface area contributed by atoms with Crippen molar-refractivity contribution in [1.29, 1.82) is 0 Å². The molecule has 0 radical (unpaired) electrons. The van der Waals surface area contributed by atoms with Crippen LogP contribution in [0.3, 0.4) is 0 Å². The molecule has 1 fully saturated rings. The molecule has 1 aliphatic rings. The van der Waals surface area contributed by atoms with Crippen molar-refractivity contribution in [3.05, 3.63) is 41.5 Å². The Bertz CT molecular complexity index is 873. The number of carbonyl (C=O) groups excluding carboxylic acids is 1. The molecule has 31 heavy (non-hydrogen) atoms. The highest BCUT2D eigenvalue weighted by atomic mass is 35.5. The number of benzene rings is 2. The number of carbonyl (C=O) groups is 1. The number of nitrogens with two attached hydrogens (primary N) is 1. The van der Waals surface area contributed by atoms with Crippen LogP contribution in [0, 0.1) is 0 Å². The zero-order chi connectivity index (χ0) is 21.5. The first kappa shape index (κ1) is 25.0. The van der Waals surface area contributed by atoms with Crippen molar-refractivity contribution in [2.24, 2.45) is 5.73 Å². The van der Waals surface area contributed by atoms with E-state index < -0.39 is 0 Å². The van der Waals surface area contributed by atoms with E-state index in [1.54, 1.807) is 6.07 Å². The van der Waals surface area contributed by atoms with Crippen molar-refractivity contribution in [3.63, 3.8) is 0 Å². The fourth-order valence-corrected chi connectivity index (χ4v) is 4.51. The van der Waals surface area contributed by atoms with Gasteiger partial charge in [0.05, 0.1) is 26.9 Å². The minimum Gasteiger partial charge on any atom is -0.492 e. The molecule has 1 heterocycles. The molecule has 2 aromatic rings. The summed E-state index contributed by atoms with van der Waals surface area (Å²) in [5.41, 5.74) is 7.07. The summed E-state index contributed by atoms with van der Waals surface area (Å²) in [6.07, 6.45) is 1.74. The van der Waals surface area contributed by atoms with Gasteiger partial charge in [0, 0.05) is 17.9 Å². The van der Waals surface area contributed by atoms with Crippen LogP contribution in [0.5, 0.6) is 28.7 Å². The quantitative estimate of drug-likeness (QED) is 0.580. The summed E-state index contributed by atoms with van der Waals surface area (Å²) >= 11 is 1.83. The maximum atomic E-state index is 13.0. The second-order valence-electron chi connectivity index (χ2n) is 6.84. The molecule has 170 valence electrons. The highest BCUT2D eigenvalue weighted by Crippen LogP contribution is 2.48. The van der Waals surface area contributed by atoms with Crippen molar-refractivity contribution < 1.29 is 23.7 Å². The molecule has 0 saturated carbocycles. The van der Waals surface area contributed by atoms with Gasteiger partial charge in [0.2, 0.25) is 11.5 Å². The molecular weight excluding hydrogens is 440 g/mol. The van der Waals surface area contributed by atoms with Gasteiger partial charge in [-0.3, -0.25) is 4.79 Å². The summed E-state index contributed by atoms with van der Waals surface area (Å²) in [5, 5.41) is 3.07. The minimum atomic E-state index is -0.233. The largest absolute Gasteiger partial charge is 0.492 e. The van der Waals surface area contributed by atoms with Crippen LogP contribution in [0.15, 0.2) is 30.3 Å². The number of ether oxygens (including phenoxy) is 4. The van der Waals surface area contributed by atoms with E-state index in [9.17, 15) is 4.79 Å². The fraction of sp³-hybridized carbons (Fsp3) is 0.409. The van der Waals surface area contributed by atoms with Crippen molar-refractivity contribution in [2.45, 2.75) is 18.9 Å². The molecule has 1 amide bonds. The van der Waals surface area contributed by atoms with Crippen LogP contribution in [0.2, 0.25) is 0 Å². The van der Waals surface area contributed by atoms with Crippen LogP contribution in [-0.2, 0) is 6.42 Å². The Morgan fingerprint density at radius 2 is 1.77 bits per heavy atom. The van der Waals surface area contributed by atoms with E-state index in [1.165, 1.54) is 21.3 Å². The first-order valence-electron chi connectivity index (χ1n) is 9.79. The lowest BCUT2D eigenvalue weighted by molar-refractivity contribution is 0.0937. The van der Waals surface area contributed by atoms with Gasteiger partial charge in [0.25, 0.3) is 5.91 Å². The average Bonchev–Trinajstić information content (AvgIpc) is 3.27. The Hall–Kier alpha value is -2.29.